The van der Waals surface area contributed by atoms with Gasteiger partial charge in [-0.3, -0.25) is 0 Å². The summed E-state index contributed by atoms with van der Waals surface area (Å²) in [4.78, 5) is 13.8. The van der Waals surface area contributed by atoms with Crippen molar-refractivity contribution in [1.82, 2.24) is 15.0 Å². The summed E-state index contributed by atoms with van der Waals surface area (Å²) in [5, 5.41) is 4.43. The van der Waals surface area contributed by atoms with Crippen LogP contribution in [0.1, 0.15) is 52.0 Å². The van der Waals surface area contributed by atoms with Crippen LogP contribution in [-0.2, 0) is 10.2 Å². The Kier molecular flexibility index (Phi) is 8.64. The highest BCUT2D eigenvalue weighted by Gasteiger charge is 2.40. The fourth-order valence-electron chi connectivity index (χ4n) is 4.16. The first kappa shape index (κ1) is 27.4. The second-order valence-electron chi connectivity index (χ2n) is 11.0. The summed E-state index contributed by atoms with van der Waals surface area (Å²) < 4.78 is 14.1. The predicted molar refractivity (Wildman–Crippen MR) is 157 cm³/mol. The molecule has 0 bridgehead atoms. The summed E-state index contributed by atoms with van der Waals surface area (Å²) in [6, 6.07) is 8.08. The van der Waals surface area contributed by atoms with E-state index in [0.717, 1.165) is 58.4 Å². The minimum Gasteiger partial charge on any atom is -0.487 e. The molecule has 4 rings (SSSR count). The van der Waals surface area contributed by atoms with Gasteiger partial charge in [-0.15, -0.1) is 0 Å². The SMILES string of the molecule is CSCc1ccnc(Nc2ncc3ccc(Br)c(OC4CCC(O[Si](C)(C)C(C)(C)C)CC4)c3n2)c1. The standard InChI is InChI=1S/C27H37BrN4O2SSi/c1-27(2,3)36(5,6)34-21-10-8-20(9-11-21)33-25-22(28)12-7-19-16-30-26(32-24(19)25)31-23-15-18(17-35-4)13-14-29-23/h7,12-16,20-21H,8-11,17H2,1-6H3,(H,29,30,31,32). The summed E-state index contributed by atoms with van der Waals surface area (Å²) in [5.74, 6) is 2.95. The maximum atomic E-state index is 6.67. The Morgan fingerprint density at radius 1 is 1.08 bits per heavy atom. The van der Waals surface area contributed by atoms with Crippen molar-refractivity contribution in [2.24, 2.45) is 0 Å². The maximum Gasteiger partial charge on any atom is 0.229 e. The number of aromatic nitrogens is 3. The molecule has 3 aromatic rings. The normalized spacial score (nSPS) is 18.9. The van der Waals surface area contributed by atoms with Crippen LogP contribution < -0.4 is 10.1 Å². The van der Waals surface area contributed by atoms with Crippen LogP contribution in [0.4, 0.5) is 11.8 Å². The summed E-state index contributed by atoms with van der Waals surface area (Å²) >= 11 is 5.48. The van der Waals surface area contributed by atoms with Crippen LogP contribution in [0.25, 0.3) is 10.9 Å². The molecule has 6 nitrogen and oxygen atoms in total. The summed E-state index contributed by atoms with van der Waals surface area (Å²) in [6.45, 7) is 11.6. The molecule has 0 aliphatic heterocycles. The summed E-state index contributed by atoms with van der Waals surface area (Å²) in [6.07, 6.45) is 10.2. The van der Waals surface area contributed by atoms with E-state index < -0.39 is 8.32 Å². The van der Waals surface area contributed by atoms with Crippen molar-refractivity contribution in [2.45, 2.75) is 82.5 Å². The topological polar surface area (TPSA) is 69.2 Å². The van der Waals surface area contributed by atoms with Gasteiger partial charge in [-0.1, -0.05) is 20.8 Å². The molecule has 1 saturated carbocycles. The number of benzene rings is 1. The number of hydrogen-bond acceptors (Lipinski definition) is 7. The lowest BCUT2D eigenvalue weighted by molar-refractivity contribution is 0.0729. The molecule has 0 atom stereocenters. The number of halogens is 1. The number of pyridine rings is 1. The van der Waals surface area contributed by atoms with Crippen molar-refractivity contribution in [2.75, 3.05) is 11.6 Å². The van der Waals surface area contributed by atoms with E-state index in [4.69, 9.17) is 14.1 Å². The van der Waals surface area contributed by atoms with Gasteiger partial charge in [0.25, 0.3) is 0 Å². The molecule has 0 unspecified atom stereocenters. The first-order chi connectivity index (χ1) is 17.1. The second kappa shape index (κ2) is 11.4. The Morgan fingerprint density at radius 2 is 1.81 bits per heavy atom. The minimum atomic E-state index is -1.76. The predicted octanol–water partition coefficient (Wildman–Crippen LogP) is 8.11. The van der Waals surface area contributed by atoms with Crippen molar-refractivity contribution in [3.05, 3.63) is 46.7 Å². The van der Waals surface area contributed by atoms with E-state index in [-0.39, 0.29) is 11.1 Å². The van der Waals surface area contributed by atoms with E-state index in [1.807, 2.05) is 36.7 Å². The molecule has 1 aromatic carbocycles. The van der Waals surface area contributed by atoms with Crippen molar-refractivity contribution < 1.29 is 9.16 Å². The summed E-state index contributed by atoms with van der Waals surface area (Å²) in [5.41, 5.74) is 2.00. The van der Waals surface area contributed by atoms with Crippen molar-refractivity contribution in [3.8, 4) is 5.75 Å². The van der Waals surface area contributed by atoms with Gasteiger partial charge in [-0.2, -0.15) is 11.8 Å². The zero-order chi connectivity index (χ0) is 25.9. The molecule has 0 saturated heterocycles. The van der Waals surface area contributed by atoms with Gasteiger partial charge in [0.15, 0.2) is 14.1 Å². The number of anilines is 2. The van der Waals surface area contributed by atoms with Gasteiger partial charge >= 0.3 is 0 Å². The van der Waals surface area contributed by atoms with Gasteiger partial charge in [0.05, 0.1) is 10.6 Å². The fourth-order valence-corrected chi connectivity index (χ4v) is 6.51. The maximum absolute atomic E-state index is 6.67. The van der Waals surface area contributed by atoms with Gasteiger partial charge in [0, 0.05) is 29.6 Å². The highest BCUT2D eigenvalue weighted by Crippen LogP contribution is 2.40. The lowest BCUT2D eigenvalue weighted by Crippen LogP contribution is -2.45. The van der Waals surface area contributed by atoms with Crippen LogP contribution in [0.2, 0.25) is 18.1 Å². The molecule has 0 spiro atoms. The van der Waals surface area contributed by atoms with Crippen molar-refractivity contribution in [3.63, 3.8) is 0 Å². The molecule has 2 heterocycles. The van der Waals surface area contributed by atoms with Gasteiger partial charge in [0.1, 0.15) is 11.3 Å². The smallest absolute Gasteiger partial charge is 0.229 e. The highest BCUT2D eigenvalue weighted by atomic mass is 79.9. The van der Waals surface area contributed by atoms with E-state index in [0.29, 0.717) is 12.1 Å². The van der Waals surface area contributed by atoms with Crippen molar-refractivity contribution in [1.29, 1.82) is 0 Å². The molecule has 1 aliphatic rings. The number of hydrogen-bond donors (Lipinski definition) is 1. The molecular formula is C27H37BrN4O2SSi. The molecule has 36 heavy (non-hydrogen) atoms. The molecule has 2 aromatic heterocycles. The van der Waals surface area contributed by atoms with Crippen molar-refractivity contribution >= 4 is 58.7 Å². The molecule has 1 N–H and O–H groups in total. The number of ether oxygens (including phenoxy) is 1. The molecule has 194 valence electrons. The lowest BCUT2D eigenvalue weighted by Gasteiger charge is -2.41. The van der Waals surface area contributed by atoms with Crippen LogP contribution in [0.5, 0.6) is 5.75 Å². The minimum absolute atomic E-state index is 0.141. The average molecular weight is 590 g/mol. The van der Waals surface area contributed by atoms with Gasteiger partial charge in [-0.25, -0.2) is 15.0 Å². The molecule has 9 heteroatoms. The lowest BCUT2D eigenvalue weighted by atomic mass is 9.95. The molecule has 0 amide bonds. The van der Waals surface area contributed by atoms with E-state index in [1.165, 1.54) is 5.56 Å². The second-order valence-corrected chi connectivity index (χ2v) is 17.5. The Hall–Kier alpha value is -1.68. The van der Waals surface area contributed by atoms with Crippen LogP contribution in [0.3, 0.4) is 0 Å². The average Bonchev–Trinajstić information content (AvgIpc) is 2.82. The third-order valence-corrected chi connectivity index (χ3v) is 13.0. The number of fused-ring (bicyclic) bond motifs is 1. The monoisotopic (exact) mass is 588 g/mol. The van der Waals surface area contributed by atoms with E-state index in [2.05, 4.69) is 71.3 Å². The Balaban J connectivity index is 1.48. The Morgan fingerprint density at radius 3 is 2.50 bits per heavy atom. The largest absolute Gasteiger partial charge is 0.487 e. The molecule has 1 aliphatic carbocycles. The van der Waals surface area contributed by atoms with Crippen LogP contribution in [0, 0.1) is 0 Å². The van der Waals surface area contributed by atoms with Gasteiger partial charge in [-0.05, 0) is 95.8 Å². The van der Waals surface area contributed by atoms with Gasteiger partial charge in [0.2, 0.25) is 5.95 Å². The zero-order valence-electron chi connectivity index (χ0n) is 22.1. The van der Waals surface area contributed by atoms with Crippen LogP contribution in [0.15, 0.2) is 41.1 Å². The molecular weight excluding hydrogens is 552 g/mol. The molecule has 1 fully saturated rings. The van der Waals surface area contributed by atoms with E-state index in [9.17, 15) is 0 Å². The first-order valence-corrected chi connectivity index (χ1v) is 17.7. The van der Waals surface area contributed by atoms with E-state index in [1.54, 1.807) is 11.8 Å². The highest BCUT2D eigenvalue weighted by molar-refractivity contribution is 9.10. The van der Waals surface area contributed by atoms with E-state index >= 15 is 0 Å². The Bertz CT molecular complexity index is 1200. The zero-order valence-corrected chi connectivity index (χ0v) is 25.5. The van der Waals surface area contributed by atoms with Crippen LogP contribution in [-0.4, -0.2) is 41.7 Å². The third-order valence-electron chi connectivity index (χ3n) is 7.21. The fraction of sp³-hybridized carbons (Fsp3) is 0.519. The van der Waals surface area contributed by atoms with Gasteiger partial charge < -0.3 is 14.5 Å². The number of thioether (sulfide) groups is 1. The first-order valence-electron chi connectivity index (χ1n) is 12.6. The van der Waals surface area contributed by atoms with Crippen LogP contribution >= 0.6 is 27.7 Å². The number of nitrogens with one attached hydrogen (secondary N) is 1. The Labute approximate surface area is 228 Å². The molecule has 0 radical (unpaired) electrons. The quantitative estimate of drug-likeness (QED) is 0.266. The number of nitrogens with zero attached hydrogens (tertiary/aromatic N) is 3. The number of rotatable bonds is 8. The third kappa shape index (κ3) is 6.60. The summed E-state index contributed by atoms with van der Waals surface area (Å²) in [7, 11) is -1.76.